The van der Waals surface area contributed by atoms with E-state index in [1.165, 1.54) is 0 Å². The van der Waals surface area contributed by atoms with E-state index >= 15 is 0 Å². The van der Waals surface area contributed by atoms with Crippen molar-refractivity contribution in [3.63, 3.8) is 0 Å². The molecule has 2 rings (SSSR count). The van der Waals surface area contributed by atoms with Crippen molar-refractivity contribution in [2.45, 2.75) is 19.4 Å². The molecule has 1 unspecified atom stereocenters. The molecular formula is C14H15Cl2N3. The van der Waals surface area contributed by atoms with Crippen molar-refractivity contribution >= 4 is 23.2 Å². The van der Waals surface area contributed by atoms with E-state index in [1.54, 1.807) is 24.7 Å². The molecule has 2 aromatic rings. The predicted molar refractivity (Wildman–Crippen MR) is 78.6 cm³/mol. The van der Waals surface area contributed by atoms with Crippen molar-refractivity contribution in [1.82, 2.24) is 15.3 Å². The van der Waals surface area contributed by atoms with Crippen LogP contribution in [0.1, 0.15) is 24.2 Å². The second-order valence-electron chi connectivity index (χ2n) is 4.18. The van der Waals surface area contributed by atoms with E-state index in [4.69, 9.17) is 23.2 Å². The zero-order valence-electron chi connectivity index (χ0n) is 10.6. The van der Waals surface area contributed by atoms with Gasteiger partial charge in [0, 0.05) is 28.6 Å². The lowest BCUT2D eigenvalue weighted by Gasteiger charge is -2.17. The Morgan fingerprint density at radius 2 is 2.11 bits per heavy atom. The highest BCUT2D eigenvalue weighted by molar-refractivity contribution is 6.33. The Kier molecular flexibility index (Phi) is 5.14. The second-order valence-corrected chi connectivity index (χ2v) is 5.02. The summed E-state index contributed by atoms with van der Waals surface area (Å²) in [5, 5.41) is 4.80. The average Bonchev–Trinajstić information content (AvgIpc) is 2.43. The molecule has 0 spiro atoms. The number of likely N-dealkylation sites (N-methyl/N-ethyl adjacent to an activating group) is 1. The number of aromatic nitrogens is 2. The molecule has 0 bridgehead atoms. The molecule has 0 amide bonds. The minimum atomic E-state index is 0.0784. The van der Waals surface area contributed by atoms with E-state index in [-0.39, 0.29) is 6.04 Å². The summed E-state index contributed by atoms with van der Waals surface area (Å²) >= 11 is 12.2. The molecule has 1 aromatic carbocycles. The number of rotatable bonds is 5. The summed E-state index contributed by atoms with van der Waals surface area (Å²) in [5.41, 5.74) is 1.91. The third kappa shape index (κ3) is 3.90. The normalized spacial score (nSPS) is 12.4. The van der Waals surface area contributed by atoms with Gasteiger partial charge in [0.2, 0.25) is 0 Å². The van der Waals surface area contributed by atoms with Crippen LogP contribution in [0.5, 0.6) is 0 Å². The fourth-order valence-corrected chi connectivity index (χ4v) is 2.33. The van der Waals surface area contributed by atoms with Crippen LogP contribution in [0.15, 0.2) is 36.8 Å². The maximum atomic E-state index is 6.21. The van der Waals surface area contributed by atoms with Gasteiger partial charge in [0.25, 0.3) is 0 Å². The monoisotopic (exact) mass is 295 g/mol. The summed E-state index contributed by atoms with van der Waals surface area (Å²) in [7, 11) is 0. The number of halogens is 2. The van der Waals surface area contributed by atoms with Crippen molar-refractivity contribution in [3.8, 4) is 0 Å². The van der Waals surface area contributed by atoms with Crippen LogP contribution in [-0.2, 0) is 6.42 Å². The highest BCUT2D eigenvalue weighted by atomic mass is 35.5. The van der Waals surface area contributed by atoms with Crippen LogP contribution in [0.2, 0.25) is 10.0 Å². The summed E-state index contributed by atoms with van der Waals surface area (Å²) in [4.78, 5) is 8.45. The van der Waals surface area contributed by atoms with Gasteiger partial charge in [-0.2, -0.15) is 0 Å². The summed E-state index contributed by atoms with van der Waals surface area (Å²) < 4.78 is 0. The van der Waals surface area contributed by atoms with E-state index in [1.807, 2.05) is 12.1 Å². The van der Waals surface area contributed by atoms with Gasteiger partial charge < -0.3 is 5.32 Å². The van der Waals surface area contributed by atoms with E-state index in [0.717, 1.165) is 29.2 Å². The van der Waals surface area contributed by atoms with Gasteiger partial charge >= 0.3 is 0 Å². The predicted octanol–water partition coefficient (Wildman–Crippen LogP) is 3.68. The smallest absolute Gasteiger partial charge is 0.0759 e. The van der Waals surface area contributed by atoms with Crippen LogP contribution in [-0.4, -0.2) is 16.5 Å². The van der Waals surface area contributed by atoms with E-state index in [2.05, 4.69) is 22.2 Å². The average molecular weight is 296 g/mol. The first-order valence-corrected chi connectivity index (χ1v) is 6.89. The fourth-order valence-electron chi connectivity index (χ4n) is 1.94. The highest BCUT2D eigenvalue weighted by Crippen LogP contribution is 2.25. The van der Waals surface area contributed by atoms with Gasteiger partial charge in [-0.25, -0.2) is 0 Å². The van der Waals surface area contributed by atoms with Crippen LogP contribution in [0.3, 0.4) is 0 Å². The summed E-state index contributed by atoms with van der Waals surface area (Å²) in [6, 6.07) is 5.58. The first-order valence-electron chi connectivity index (χ1n) is 6.14. The molecule has 0 fully saturated rings. The quantitative estimate of drug-likeness (QED) is 0.914. The Balaban J connectivity index is 2.24. The number of hydrogen-bond donors (Lipinski definition) is 1. The van der Waals surface area contributed by atoms with Crippen LogP contribution in [0.4, 0.5) is 0 Å². The van der Waals surface area contributed by atoms with E-state index < -0.39 is 0 Å². The minimum absolute atomic E-state index is 0.0784. The number of nitrogens with zero attached hydrogens (tertiary/aromatic N) is 2. The lowest BCUT2D eigenvalue weighted by Crippen LogP contribution is -2.24. The van der Waals surface area contributed by atoms with Gasteiger partial charge in [0.15, 0.2) is 0 Å². The standard InChI is InChI=1S/C14H15Cl2N3/c1-2-18-13(14-9-17-5-6-19-14)8-10-7-11(15)3-4-12(10)16/h3-7,9,13,18H,2,8H2,1H3. The Morgan fingerprint density at radius 3 is 2.79 bits per heavy atom. The highest BCUT2D eigenvalue weighted by Gasteiger charge is 2.14. The van der Waals surface area contributed by atoms with Crippen molar-refractivity contribution in [2.24, 2.45) is 0 Å². The third-order valence-corrected chi connectivity index (χ3v) is 3.43. The summed E-state index contributed by atoms with van der Waals surface area (Å²) in [6.45, 7) is 2.91. The lowest BCUT2D eigenvalue weighted by atomic mass is 10.0. The molecular weight excluding hydrogens is 281 g/mol. The summed E-state index contributed by atoms with van der Waals surface area (Å²) in [6.07, 6.45) is 5.86. The molecule has 0 aliphatic carbocycles. The molecule has 0 saturated carbocycles. The molecule has 0 aliphatic heterocycles. The van der Waals surface area contributed by atoms with Crippen LogP contribution >= 0.6 is 23.2 Å². The van der Waals surface area contributed by atoms with Crippen LogP contribution in [0, 0.1) is 0 Å². The van der Waals surface area contributed by atoms with Crippen molar-refractivity contribution in [2.75, 3.05) is 6.54 Å². The molecule has 0 radical (unpaired) electrons. The number of hydrogen-bond acceptors (Lipinski definition) is 3. The van der Waals surface area contributed by atoms with Gasteiger partial charge in [-0.1, -0.05) is 30.1 Å². The Morgan fingerprint density at radius 1 is 1.26 bits per heavy atom. The molecule has 1 aromatic heterocycles. The van der Waals surface area contributed by atoms with Crippen molar-refractivity contribution < 1.29 is 0 Å². The Hall–Kier alpha value is -1.16. The topological polar surface area (TPSA) is 37.8 Å². The summed E-state index contributed by atoms with van der Waals surface area (Å²) in [5.74, 6) is 0. The largest absolute Gasteiger partial charge is 0.309 e. The Labute approximate surface area is 123 Å². The van der Waals surface area contributed by atoms with Crippen molar-refractivity contribution in [3.05, 3.63) is 58.1 Å². The second kappa shape index (κ2) is 6.85. The molecule has 19 heavy (non-hydrogen) atoms. The van der Waals surface area contributed by atoms with E-state index in [9.17, 15) is 0 Å². The Bertz CT molecular complexity index is 531. The number of nitrogens with one attached hydrogen (secondary N) is 1. The van der Waals surface area contributed by atoms with Crippen molar-refractivity contribution in [1.29, 1.82) is 0 Å². The minimum Gasteiger partial charge on any atom is -0.309 e. The molecule has 1 atom stereocenters. The SMILES string of the molecule is CCNC(Cc1cc(Cl)ccc1Cl)c1cnccn1. The lowest BCUT2D eigenvalue weighted by molar-refractivity contribution is 0.534. The maximum Gasteiger partial charge on any atom is 0.0759 e. The zero-order valence-corrected chi connectivity index (χ0v) is 12.1. The number of benzene rings is 1. The molecule has 100 valence electrons. The first-order chi connectivity index (χ1) is 9.20. The first kappa shape index (κ1) is 14.3. The van der Waals surface area contributed by atoms with Crippen LogP contribution in [0.25, 0.3) is 0 Å². The molecule has 3 nitrogen and oxygen atoms in total. The third-order valence-electron chi connectivity index (χ3n) is 2.82. The van der Waals surface area contributed by atoms with Gasteiger partial charge in [0.05, 0.1) is 11.7 Å². The van der Waals surface area contributed by atoms with Gasteiger partial charge in [0.1, 0.15) is 0 Å². The maximum absolute atomic E-state index is 6.21. The molecule has 1 N–H and O–H groups in total. The van der Waals surface area contributed by atoms with Gasteiger partial charge in [-0.3, -0.25) is 9.97 Å². The fraction of sp³-hybridized carbons (Fsp3) is 0.286. The molecule has 0 aliphatic rings. The van der Waals surface area contributed by atoms with Gasteiger partial charge in [-0.15, -0.1) is 0 Å². The van der Waals surface area contributed by atoms with E-state index in [0.29, 0.717) is 5.02 Å². The van der Waals surface area contributed by atoms with Crippen LogP contribution < -0.4 is 5.32 Å². The molecule has 0 saturated heterocycles. The molecule has 1 heterocycles. The zero-order chi connectivity index (χ0) is 13.7. The van der Waals surface area contributed by atoms with Gasteiger partial charge in [-0.05, 0) is 36.7 Å². The molecule has 5 heteroatoms.